The second kappa shape index (κ2) is 12.5. The van der Waals surface area contributed by atoms with Gasteiger partial charge in [-0.15, -0.1) is 0 Å². The summed E-state index contributed by atoms with van der Waals surface area (Å²) in [7, 11) is 0. The first-order valence-corrected chi connectivity index (χ1v) is 18.0. The van der Waals surface area contributed by atoms with Crippen LogP contribution in [0, 0.1) is 0 Å². The third-order valence-electron chi connectivity index (χ3n) is 10.3. The van der Waals surface area contributed by atoms with Crippen LogP contribution in [0.2, 0.25) is 0 Å². The molecule has 3 heteroatoms. The third kappa shape index (κ3) is 4.73. The average molecular weight is 746 g/mol. The molecule has 0 amide bonds. The van der Waals surface area contributed by atoms with Gasteiger partial charge in [0.1, 0.15) is 0 Å². The minimum Gasteiger partial charge on any atom is -0.309 e. The minimum absolute atomic E-state index is 0.0309. The van der Waals surface area contributed by atoms with Gasteiger partial charge in [0.2, 0.25) is 0 Å². The van der Waals surface area contributed by atoms with Crippen molar-refractivity contribution in [3.05, 3.63) is 212 Å². The van der Waals surface area contributed by atoms with Crippen LogP contribution in [0.5, 0.6) is 0 Å². The molecule has 0 bridgehead atoms. The third-order valence-corrected chi connectivity index (χ3v) is 10.3. The molecule has 3 nitrogen and oxygen atoms in total. The Hall–Kier alpha value is -7.62. The van der Waals surface area contributed by atoms with Gasteiger partial charge in [-0.2, -0.15) is 0 Å². The molecule has 0 saturated carbocycles. The molecule has 0 saturated heterocycles. The van der Waals surface area contributed by atoms with Crippen molar-refractivity contribution in [3.63, 3.8) is 0 Å². The van der Waals surface area contributed by atoms with Gasteiger partial charge >= 0.3 is 0 Å². The Bertz CT molecular complexity index is 4660. The molecule has 0 aliphatic rings. The molecular formula is C54H35N3. The van der Waals surface area contributed by atoms with Crippen LogP contribution in [0.3, 0.4) is 0 Å². The van der Waals surface area contributed by atoms with Crippen LogP contribution >= 0.6 is 0 Å². The highest BCUT2D eigenvalue weighted by atomic mass is 15.1. The molecule has 3 heterocycles. The lowest BCUT2D eigenvalue weighted by molar-refractivity contribution is 1.13. The van der Waals surface area contributed by atoms with Crippen LogP contribution in [-0.2, 0) is 0 Å². The van der Waals surface area contributed by atoms with E-state index in [4.69, 9.17) is 8.22 Å². The first-order chi connectivity index (χ1) is 36.7. The van der Waals surface area contributed by atoms with E-state index < -0.39 is 153 Å². The van der Waals surface area contributed by atoms with E-state index in [-0.39, 0.29) is 60.9 Å². The molecule has 0 aliphatic carbocycles. The van der Waals surface area contributed by atoms with E-state index in [1.807, 2.05) is 0 Å². The maximum Gasteiger partial charge on any atom is 0.0782 e. The molecule has 9 aromatic carbocycles. The van der Waals surface area contributed by atoms with Crippen LogP contribution in [-0.4, -0.2) is 13.7 Å². The van der Waals surface area contributed by atoms with Gasteiger partial charge in [0.15, 0.2) is 0 Å². The van der Waals surface area contributed by atoms with E-state index in [9.17, 15) is 19.2 Å². The summed E-state index contributed by atoms with van der Waals surface area (Å²) in [5.41, 5.74) is -1.68. The topological polar surface area (TPSA) is 14.8 Å². The zero-order chi connectivity index (χ0) is 54.9. The van der Waals surface area contributed by atoms with E-state index in [0.29, 0.717) is 11.3 Å². The summed E-state index contributed by atoms with van der Waals surface area (Å²) in [6.45, 7) is 0. The maximum atomic E-state index is 10.2. The highest BCUT2D eigenvalue weighted by Gasteiger charge is 2.21. The Kier molecular flexibility index (Phi) is 3.91. The van der Waals surface area contributed by atoms with E-state index in [2.05, 4.69) is 0 Å². The molecule has 12 aromatic rings. The number of hydrogen-bond acceptors (Lipinski definition) is 0. The molecule has 12 rings (SSSR count). The van der Waals surface area contributed by atoms with Crippen molar-refractivity contribution in [1.82, 2.24) is 13.7 Å². The van der Waals surface area contributed by atoms with Gasteiger partial charge in [-0.25, -0.2) is 0 Å². The van der Waals surface area contributed by atoms with E-state index >= 15 is 0 Å². The summed E-state index contributed by atoms with van der Waals surface area (Å²) >= 11 is 0. The number of rotatable bonds is 5. The fourth-order valence-corrected chi connectivity index (χ4v) is 7.86. The lowest BCUT2D eigenvalue weighted by Crippen LogP contribution is -2.00. The number of nitrogens with zero attached hydrogens (tertiary/aromatic N) is 3. The second-order valence-corrected chi connectivity index (χ2v) is 13.4. The monoisotopic (exact) mass is 745 g/mol. The molecule has 0 atom stereocenters. The number of para-hydroxylation sites is 5. The average Bonchev–Trinajstić information content (AvgIpc) is 4.03. The molecule has 0 fully saturated rings. The fourth-order valence-electron chi connectivity index (χ4n) is 7.86. The van der Waals surface area contributed by atoms with Crippen molar-refractivity contribution in [2.24, 2.45) is 0 Å². The van der Waals surface area contributed by atoms with Crippen LogP contribution in [0.25, 0.3) is 105 Å². The van der Waals surface area contributed by atoms with Crippen LogP contribution < -0.4 is 0 Å². The number of fused-ring (bicyclic) bond motifs is 9. The van der Waals surface area contributed by atoms with Crippen molar-refractivity contribution in [2.45, 2.75) is 0 Å². The van der Waals surface area contributed by atoms with E-state index in [1.54, 1.807) is 91.0 Å². The van der Waals surface area contributed by atoms with Gasteiger partial charge in [-0.05, 0) is 94.9 Å². The molecule has 0 aliphatic heterocycles. The Morgan fingerprint density at radius 1 is 0.333 bits per heavy atom. The molecule has 0 N–H and O–H groups in total. The van der Waals surface area contributed by atoms with Crippen molar-refractivity contribution >= 4 is 65.4 Å². The summed E-state index contributed by atoms with van der Waals surface area (Å²) in [5, 5.41) is -1.29. The molecule has 0 radical (unpaired) electrons. The normalized spacial score (nSPS) is 16.8. The predicted molar refractivity (Wildman–Crippen MR) is 240 cm³/mol. The summed E-state index contributed by atoms with van der Waals surface area (Å²) in [6.07, 6.45) is 0. The minimum atomic E-state index is -0.831. The van der Waals surface area contributed by atoms with Gasteiger partial charge in [-0.1, -0.05) is 139 Å². The van der Waals surface area contributed by atoms with Crippen molar-refractivity contribution in [1.29, 1.82) is 0 Å². The van der Waals surface area contributed by atoms with Gasteiger partial charge < -0.3 is 13.7 Å². The first-order valence-electron chi connectivity index (χ1n) is 28.0. The highest BCUT2D eigenvalue weighted by Crippen LogP contribution is 2.43. The number of benzene rings is 9. The standard InChI is InChI=1S/C54H35N3/c1-4-16-36(17-5-1)41-24-14-28-51-53(41)46-35-38(31-33-50(46)55(51)39-18-6-2-7-19-39)37-30-32-49-45(34-37)43-23-11-13-27-48(43)57(49)52-29-15-25-44-42-22-10-12-26-47(42)56(54(44)52)40-20-8-3-9-21-40/h1-35H/i10D,11D,12D,13D,14D,15D,22D,23D,24D,25D,26D,27D,28D,29D,30D,31D,32D,33D,34D,35D. The molecule has 266 valence electrons. The predicted octanol–water partition coefficient (Wildman–Crippen LogP) is 14.3. The van der Waals surface area contributed by atoms with Crippen molar-refractivity contribution in [2.75, 3.05) is 0 Å². The Labute approximate surface area is 357 Å². The van der Waals surface area contributed by atoms with Gasteiger partial charge in [0.25, 0.3) is 0 Å². The van der Waals surface area contributed by atoms with Crippen LogP contribution in [0.15, 0.2) is 212 Å². The fraction of sp³-hybridized carbons (Fsp3) is 0. The molecule has 0 unspecified atom stereocenters. The Balaban J connectivity index is 1.32. The Morgan fingerprint density at radius 2 is 0.842 bits per heavy atom. The smallest absolute Gasteiger partial charge is 0.0782 e. The SMILES string of the molecule is [2H]c1c([2H])c([2H])c2c(c1[2H])c1c([2H])c([2H])c([2H])c(-n3c4c([2H])c([2H])c([2H])c([2H])c4c4c([2H])c(-c5c([2H])c([2H])c6c(c5[2H])c5c(-c7ccccc7)c([2H])c([2H])c([2H])c5n6-c5ccccc5)c([2H])c([2H])c43)c1n2-c1ccccc1. The molecule has 0 spiro atoms. The zero-order valence-electron chi connectivity index (χ0n) is 49.5. The van der Waals surface area contributed by atoms with Gasteiger partial charge in [-0.3, -0.25) is 0 Å². The molecule has 3 aromatic heterocycles. The quantitative estimate of drug-likeness (QED) is 0.167. The van der Waals surface area contributed by atoms with E-state index in [1.165, 1.54) is 9.13 Å². The maximum absolute atomic E-state index is 10.2. The Morgan fingerprint density at radius 3 is 1.54 bits per heavy atom. The highest BCUT2D eigenvalue weighted by molar-refractivity contribution is 6.18. The second-order valence-electron chi connectivity index (χ2n) is 13.4. The summed E-state index contributed by atoms with van der Waals surface area (Å²) in [6, 6.07) is 12.0. The summed E-state index contributed by atoms with van der Waals surface area (Å²) < 4.78 is 192. The van der Waals surface area contributed by atoms with Gasteiger partial charge in [0.05, 0.1) is 66.2 Å². The largest absolute Gasteiger partial charge is 0.309 e. The van der Waals surface area contributed by atoms with Crippen molar-refractivity contribution < 1.29 is 27.4 Å². The summed E-state index contributed by atoms with van der Waals surface area (Å²) in [5.74, 6) is 0. The number of aromatic nitrogens is 3. The van der Waals surface area contributed by atoms with Gasteiger partial charge in [0, 0.05) is 43.7 Å². The summed E-state index contributed by atoms with van der Waals surface area (Å²) in [4.78, 5) is 0. The lowest BCUT2D eigenvalue weighted by atomic mass is 9.97. The van der Waals surface area contributed by atoms with Crippen LogP contribution in [0.1, 0.15) is 27.4 Å². The zero-order valence-corrected chi connectivity index (χ0v) is 29.5. The van der Waals surface area contributed by atoms with Crippen LogP contribution in [0.4, 0.5) is 0 Å². The first kappa shape index (κ1) is 17.9. The molecule has 57 heavy (non-hydrogen) atoms. The molecular weight excluding hydrogens is 691 g/mol. The van der Waals surface area contributed by atoms with E-state index in [0.717, 1.165) is 4.57 Å². The van der Waals surface area contributed by atoms with Crippen molar-refractivity contribution in [3.8, 4) is 39.3 Å². The lowest BCUT2D eigenvalue weighted by Gasteiger charge is -2.14. The number of hydrogen-bond donors (Lipinski definition) is 0.